The smallest absolute Gasteiger partial charge is 0.400 e. The van der Waals surface area contributed by atoms with Gasteiger partial charge in [0.2, 0.25) is 0 Å². The molecule has 0 N–H and O–H groups in total. The van der Waals surface area contributed by atoms with Crippen LogP contribution >= 0.6 is 0 Å². The third-order valence-corrected chi connectivity index (χ3v) is 7.37. The third-order valence-electron chi connectivity index (χ3n) is 7.37. The highest BCUT2D eigenvalue weighted by Crippen LogP contribution is 2.44. The zero-order valence-electron chi connectivity index (χ0n) is 20.7. The lowest BCUT2D eigenvalue weighted by Gasteiger charge is -2.38. The van der Waals surface area contributed by atoms with Crippen LogP contribution < -0.4 is 9.47 Å². The Hall–Kier alpha value is -1.90. The van der Waals surface area contributed by atoms with Crippen LogP contribution in [-0.2, 0) is 4.74 Å². The molecule has 0 spiro atoms. The van der Waals surface area contributed by atoms with Gasteiger partial charge >= 0.3 is 18.3 Å². The first-order chi connectivity index (χ1) is 17.1. The largest absolute Gasteiger partial charge is 0.459 e. The minimum Gasteiger partial charge on any atom is -0.459 e. The van der Waals surface area contributed by atoms with Crippen LogP contribution in [0.3, 0.4) is 0 Å². The van der Waals surface area contributed by atoms with Crippen LogP contribution in [-0.4, -0.2) is 18.3 Å². The number of rotatable bonds is 12. The van der Waals surface area contributed by atoms with E-state index in [4.69, 9.17) is 9.47 Å². The van der Waals surface area contributed by atoms with E-state index in [0.29, 0.717) is 18.8 Å². The maximum atomic E-state index is 14.8. The van der Waals surface area contributed by atoms with E-state index in [1.807, 2.05) is 0 Å². The summed E-state index contributed by atoms with van der Waals surface area (Å²) >= 11 is 0. The summed E-state index contributed by atoms with van der Waals surface area (Å²) in [4.78, 5) is 0. The zero-order chi connectivity index (χ0) is 26.2. The van der Waals surface area contributed by atoms with Crippen molar-refractivity contribution >= 4 is 0 Å². The van der Waals surface area contributed by atoms with Crippen molar-refractivity contribution in [2.24, 2.45) is 17.8 Å². The topological polar surface area (TPSA) is 27.7 Å². The normalized spacial score (nSPS) is 25.3. The van der Waals surface area contributed by atoms with Crippen LogP contribution in [0.15, 0.2) is 36.6 Å². The Balaban J connectivity index is 1.43. The summed E-state index contributed by atoms with van der Waals surface area (Å²) in [6.45, 7) is 2.15. The molecule has 3 nitrogen and oxygen atoms in total. The molecule has 0 unspecified atom stereocenters. The Labute approximate surface area is 209 Å². The van der Waals surface area contributed by atoms with Gasteiger partial charge in [0.15, 0.2) is 6.26 Å². The molecule has 36 heavy (non-hydrogen) atoms. The third kappa shape index (κ3) is 8.60. The number of ether oxygens (including phenoxy) is 3. The fourth-order valence-electron chi connectivity index (χ4n) is 5.24. The van der Waals surface area contributed by atoms with Crippen molar-refractivity contribution in [2.75, 3.05) is 0 Å². The number of unbranched alkanes of at least 4 members (excludes halogenated alkanes) is 2. The summed E-state index contributed by atoms with van der Waals surface area (Å²) in [6, 6.07) is 4.86. The molecule has 0 amide bonds. The predicted molar refractivity (Wildman–Crippen MR) is 124 cm³/mol. The quantitative estimate of drug-likeness (QED) is 0.156. The average Bonchev–Trinajstić information content (AvgIpc) is 2.84. The molecule has 2 saturated carbocycles. The van der Waals surface area contributed by atoms with Crippen LogP contribution in [0.1, 0.15) is 84.0 Å². The lowest BCUT2D eigenvalue weighted by atomic mass is 9.79. The molecule has 9 heteroatoms. The number of benzene rings is 1. The molecule has 0 radical (unpaired) electrons. The number of hydrogen-bond acceptors (Lipinski definition) is 3. The molecule has 204 valence electrons. The highest BCUT2D eigenvalue weighted by atomic mass is 19.3. The van der Waals surface area contributed by atoms with Gasteiger partial charge in [0, 0.05) is 0 Å². The first kappa shape index (κ1) is 28.7. The predicted octanol–water partition coefficient (Wildman–Crippen LogP) is 9.33. The van der Waals surface area contributed by atoms with Crippen molar-refractivity contribution in [3.63, 3.8) is 0 Å². The van der Waals surface area contributed by atoms with E-state index in [2.05, 4.69) is 11.7 Å². The van der Waals surface area contributed by atoms with E-state index in [9.17, 15) is 26.3 Å². The molecule has 0 aromatic heterocycles. The molecular weight excluding hydrogens is 486 g/mol. The number of hydrogen-bond donors (Lipinski definition) is 0. The van der Waals surface area contributed by atoms with Crippen LogP contribution in [0.25, 0.3) is 0 Å². The second-order valence-electron chi connectivity index (χ2n) is 10.0. The van der Waals surface area contributed by atoms with Crippen molar-refractivity contribution in [3.8, 4) is 11.5 Å². The summed E-state index contributed by atoms with van der Waals surface area (Å²) in [5.74, 6) is -1.54. The van der Waals surface area contributed by atoms with E-state index in [1.54, 1.807) is 0 Å². The summed E-state index contributed by atoms with van der Waals surface area (Å²) < 4.78 is 97.9. The van der Waals surface area contributed by atoms with Crippen molar-refractivity contribution < 1.29 is 40.6 Å². The Kier molecular flexibility index (Phi) is 10.4. The fraction of sp³-hybridized carbons (Fsp3) is 0.704. The molecule has 0 heterocycles. The van der Waals surface area contributed by atoms with Crippen LogP contribution in [0, 0.1) is 17.8 Å². The van der Waals surface area contributed by atoms with Gasteiger partial charge < -0.3 is 14.2 Å². The second kappa shape index (κ2) is 13.1. The molecule has 0 aliphatic heterocycles. The van der Waals surface area contributed by atoms with E-state index >= 15 is 0 Å². The molecule has 0 atom stereocenters. The SMILES string of the molecule is CCCCCC1CCC(C(F)(F)OC2CCC(C(F)(F)Oc3ccc(OC=C(F)F)cc3)CC2)CC1. The minimum absolute atomic E-state index is 0.000315. The summed E-state index contributed by atoms with van der Waals surface area (Å²) in [7, 11) is 0. The van der Waals surface area contributed by atoms with Gasteiger partial charge in [-0.15, -0.1) is 0 Å². The maximum Gasteiger partial charge on any atom is 0.400 e. The van der Waals surface area contributed by atoms with Crippen molar-refractivity contribution in [2.45, 2.75) is 102 Å². The standard InChI is InChI=1S/C27H36F6O3/c1-2-3-4-5-19-6-8-20(9-7-19)26(30,31)35-23-12-10-21(11-13-23)27(32,33)36-24-16-14-22(15-17-24)34-18-25(28)29/h14-21,23H,2-13H2,1H3. The summed E-state index contributed by atoms with van der Waals surface area (Å²) in [5, 5.41) is 0. The molecule has 1 aromatic rings. The first-order valence-corrected chi connectivity index (χ1v) is 13.0. The van der Waals surface area contributed by atoms with E-state index in [0.717, 1.165) is 32.1 Å². The van der Waals surface area contributed by atoms with E-state index in [1.165, 1.54) is 30.7 Å². The Morgan fingerprint density at radius 3 is 1.94 bits per heavy atom. The van der Waals surface area contributed by atoms with Crippen LogP contribution in [0.4, 0.5) is 26.3 Å². The average molecular weight is 523 g/mol. The van der Waals surface area contributed by atoms with Gasteiger partial charge in [-0.1, -0.05) is 32.6 Å². The zero-order valence-corrected chi connectivity index (χ0v) is 20.7. The lowest BCUT2D eigenvalue weighted by molar-refractivity contribution is -0.306. The summed E-state index contributed by atoms with van der Waals surface area (Å²) in [5.41, 5.74) is 0. The second-order valence-corrected chi connectivity index (χ2v) is 10.0. The molecule has 2 aliphatic carbocycles. The van der Waals surface area contributed by atoms with Gasteiger partial charge in [0.1, 0.15) is 11.5 Å². The Morgan fingerprint density at radius 2 is 1.36 bits per heavy atom. The summed E-state index contributed by atoms with van der Waals surface area (Å²) in [6.07, 6.45) is -2.03. The van der Waals surface area contributed by atoms with Gasteiger partial charge in [-0.2, -0.15) is 26.3 Å². The molecule has 2 fully saturated rings. The molecule has 2 aliphatic rings. The minimum atomic E-state index is -3.50. The van der Waals surface area contributed by atoms with Crippen molar-refractivity contribution in [1.82, 2.24) is 0 Å². The van der Waals surface area contributed by atoms with Gasteiger partial charge in [0.25, 0.3) is 0 Å². The number of alkyl halides is 4. The first-order valence-electron chi connectivity index (χ1n) is 13.0. The van der Waals surface area contributed by atoms with Gasteiger partial charge in [-0.05, 0) is 81.5 Å². The molecule has 1 aromatic carbocycles. The van der Waals surface area contributed by atoms with Crippen LogP contribution in [0.5, 0.6) is 11.5 Å². The van der Waals surface area contributed by atoms with Crippen LogP contribution in [0.2, 0.25) is 0 Å². The van der Waals surface area contributed by atoms with E-state index < -0.39 is 36.2 Å². The highest BCUT2D eigenvalue weighted by Gasteiger charge is 2.48. The lowest BCUT2D eigenvalue weighted by Crippen LogP contribution is -2.42. The van der Waals surface area contributed by atoms with Gasteiger partial charge in [0.05, 0.1) is 17.9 Å². The Morgan fingerprint density at radius 1 is 0.806 bits per heavy atom. The van der Waals surface area contributed by atoms with Gasteiger partial charge in [-0.25, -0.2) is 0 Å². The fourth-order valence-corrected chi connectivity index (χ4v) is 5.24. The molecule has 0 saturated heterocycles. The van der Waals surface area contributed by atoms with Crippen molar-refractivity contribution in [3.05, 3.63) is 36.6 Å². The molecule has 0 bridgehead atoms. The molecule has 3 rings (SSSR count). The Bertz CT molecular complexity index is 809. The monoisotopic (exact) mass is 522 g/mol. The van der Waals surface area contributed by atoms with E-state index in [-0.39, 0.29) is 43.4 Å². The highest BCUT2D eigenvalue weighted by molar-refractivity contribution is 5.32. The maximum absolute atomic E-state index is 14.8. The van der Waals surface area contributed by atoms with Gasteiger partial charge in [-0.3, -0.25) is 0 Å². The van der Waals surface area contributed by atoms with Crippen molar-refractivity contribution in [1.29, 1.82) is 0 Å². The number of halogens is 6. The molecular formula is C27H36F6O3.